The number of hydrogen-bond donors (Lipinski definition) is 3. The van der Waals surface area contributed by atoms with E-state index in [0.29, 0.717) is 16.4 Å². The van der Waals surface area contributed by atoms with Gasteiger partial charge in [-0.1, -0.05) is 37.3 Å². The average Bonchev–Trinajstić information content (AvgIpc) is 2.77. The van der Waals surface area contributed by atoms with Gasteiger partial charge in [0.25, 0.3) is 0 Å². The molecule has 8 heteroatoms. The van der Waals surface area contributed by atoms with Gasteiger partial charge in [0.15, 0.2) is 5.11 Å². The van der Waals surface area contributed by atoms with E-state index in [1.54, 1.807) is 18.0 Å². The Balaban J connectivity index is 1.85. The van der Waals surface area contributed by atoms with E-state index in [1.807, 2.05) is 70.2 Å². The summed E-state index contributed by atoms with van der Waals surface area (Å²) in [5.74, 6) is -0.401. The first-order chi connectivity index (χ1) is 15.7. The van der Waals surface area contributed by atoms with Crippen LogP contribution in [0.15, 0.2) is 59.8 Å². The maximum absolute atomic E-state index is 12.9. The maximum atomic E-state index is 12.9. The third kappa shape index (κ3) is 5.70. The van der Waals surface area contributed by atoms with Crippen LogP contribution in [0.25, 0.3) is 0 Å². The topological polar surface area (TPSA) is 82.7 Å². The highest BCUT2D eigenvalue weighted by atomic mass is 32.1. The van der Waals surface area contributed by atoms with Crippen LogP contribution in [0.5, 0.6) is 0 Å². The predicted octanol–water partition coefficient (Wildman–Crippen LogP) is 4.98. The SMILES string of the molecule is CCc1ccccc1NC(=O)Nc1cccc(C2NC(=S)N(C)C(C)=C2C(=O)OC(C)C)c1. The normalized spacial score (nSPS) is 15.9. The summed E-state index contributed by atoms with van der Waals surface area (Å²) in [5.41, 5.74) is 4.42. The number of hydrogen-bond acceptors (Lipinski definition) is 4. The quantitative estimate of drug-likeness (QED) is 0.411. The van der Waals surface area contributed by atoms with Crippen LogP contribution in [0.1, 0.15) is 44.9 Å². The number of ether oxygens (including phenoxy) is 1. The zero-order chi connectivity index (χ0) is 24.1. The Hall–Kier alpha value is -3.39. The first-order valence-electron chi connectivity index (χ1n) is 10.9. The fourth-order valence-corrected chi connectivity index (χ4v) is 3.91. The first-order valence-corrected chi connectivity index (χ1v) is 11.3. The summed E-state index contributed by atoms with van der Waals surface area (Å²) in [7, 11) is 1.81. The number of carbonyl (C=O) groups is 2. The number of nitrogens with one attached hydrogen (secondary N) is 3. The molecule has 0 bridgehead atoms. The lowest BCUT2D eigenvalue weighted by atomic mass is 9.94. The monoisotopic (exact) mass is 466 g/mol. The van der Waals surface area contributed by atoms with Crippen LogP contribution in [0.4, 0.5) is 16.2 Å². The van der Waals surface area contributed by atoms with E-state index in [0.717, 1.165) is 28.9 Å². The molecule has 0 spiro atoms. The molecule has 2 aromatic carbocycles. The second-order valence-corrected chi connectivity index (χ2v) is 8.50. The molecule has 3 rings (SSSR count). The minimum atomic E-state index is -0.495. The van der Waals surface area contributed by atoms with Crippen LogP contribution in [-0.4, -0.2) is 35.2 Å². The number of esters is 1. The van der Waals surface area contributed by atoms with Gasteiger partial charge in [-0.05, 0) is 68.7 Å². The number of thiocarbonyl (C=S) groups is 1. The fourth-order valence-electron chi connectivity index (χ4n) is 3.66. The molecule has 0 fully saturated rings. The molecule has 1 heterocycles. The Morgan fingerprint density at radius 2 is 1.88 bits per heavy atom. The van der Waals surface area contributed by atoms with Crippen LogP contribution < -0.4 is 16.0 Å². The van der Waals surface area contributed by atoms with Crippen molar-refractivity contribution >= 4 is 40.7 Å². The molecule has 1 atom stereocenters. The number of rotatable bonds is 6. The van der Waals surface area contributed by atoms with Gasteiger partial charge in [-0.15, -0.1) is 0 Å². The van der Waals surface area contributed by atoms with E-state index in [-0.39, 0.29) is 12.1 Å². The zero-order valence-corrected chi connectivity index (χ0v) is 20.4. The van der Waals surface area contributed by atoms with E-state index in [4.69, 9.17) is 17.0 Å². The molecule has 0 saturated heterocycles. The Morgan fingerprint density at radius 3 is 2.58 bits per heavy atom. The van der Waals surface area contributed by atoms with E-state index < -0.39 is 12.0 Å². The van der Waals surface area contributed by atoms with Crippen LogP contribution in [0.3, 0.4) is 0 Å². The van der Waals surface area contributed by atoms with Crippen molar-refractivity contribution in [2.45, 2.75) is 46.3 Å². The number of carbonyl (C=O) groups excluding carboxylic acids is 2. The molecular weight excluding hydrogens is 436 g/mol. The van der Waals surface area contributed by atoms with Crippen molar-refractivity contribution < 1.29 is 14.3 Å². The summed E-state index contributed by atoms with van der Waals surface area (Å²) < 4.78 is 5.49. The van der Waals surface area contributed by atoms with Crippen molar-refractivity contribution in [2.24, 2.45) is 0 Å². The van der Waals surface area contributed by atoms with Gasteiger partial charge in [-0.3, -0.25) is 0 Å². The van der Waals surface area contributed by atoms with Gasteiger partial charge in [-0.25, -0.2) is 9.59 Å². The number of nitrogens with zero attached hydrogens (tertiary/aromatic N) is 1. The third-order valence-corrected chi connectivity index (χ3v) is 5.83. The summed E-state index contributed by atoms with van der Waals surface area (Å²) in [6.45, 7) is 7.51. The molecule has 3 N–H and O–H groups in total. The molecule has 1 unspecified atom stereocenters. The highest BCUT2D eigenvalue weighted by molar-refractivity contribution is 7.80. The molecule has 0 aromatic heterocycles. The van der Waals surface area contributed by atoms with Crippen molar-refractivity contribution in [3.05, 3.63) is 70.9 Å². The average molecular weight is 467 g/mol. The molecule has 0 saturated carbocycles. The van der Waals surface area contributed by atoms with Gasteiger partial charge in [0.2, 0.25) is 0 Å². The Bertz CT molecular complexity index is 1100. The molecule has 2 amide bonds. The zero-order valence-electron chi connectivity index (χ0n) is 19.6. The molecule has 0 aliphatic carbocycles. The molecule has 7 nitrogen and oxygen atoms in total. The first kappa shape index (κ1) is 24.3. The van der Waals surface area contributed by atoms with Gasteiger partial charge >= 0.3 is 12.0 Å². The lowest BCUT2D eigenvalue weighted by Crippen LogP contribution is -2.46. The van der Waals surface area contributed by atoms with E-state index in [1.165, 1.54) is 0 Å². The number of allylic oxidation sites excluding steroid dienone is 1. The van der Waals surface area contributed by atoms with Gasteiger partial charge < -0.3 is 25.6 Å². The number of amides is 2. The van der Waals surface area contributed by atoms with E-state index in [2.05, 4.69) is 16.0 Å². The summed E-state index contributed by atoms with van der Waals surface area (Å²) >= 11 is 5.46. The number of benzene rings is 2. The third-order valence-electron chi connectivity index (χ3n) is 5.44. The lowest BCUT2D eigenvalue weighted by Gasteiger charge is -2.35. The molecule has 1 aliphatic heterocycles. The Morgan fingerprint density at radius 1 is 1.15 bits per heavy atom. The van der Waals surface area contributed by atoms with Crippen LogP contribution in [0, 0.1) is 0 Å². The van der Waals surface area contributed by atoms with Crippen LogP contribution in [-0.2, 0) is 16.0 Å². The largest absolute Gasteiger partial charge is 0.459 e. The van der Waals surface area contributed by atoms with Crippen LogP contribution in [0.2, 0.25) is 0 Å². The predicted molar refractivity (Wildman–Crippen MR) is 135 cm³/mol. The van der Waals surface area contributed by atoms with Crippen LogP contribution >= 0.6 is 12.2 Å². The molecule has 2 aromatic rings. The second-order valence-electron chi connectivity index (χ2n) is 8.11. The minimum absolute atomic E-state index is 0.250. The lowest BCUT2D eigenvalue weighted by molar-refractivity contribution is -0.143. The van der Waals surface area contributed by atoms with Crippen molar-refractivity contribution in [1.82, 2.24) is 10.2 Å². The number of para-hydroxylation sites is 1. The summed E-state index contributed by atoms with van der Waals surface area (Å²) in [6, 6.07) is 14.2. The molecule has 1 aliphatic rings. The van der Waals surface area contributed by atoms with Gasteiger partial charge in [0.05, 0.1) is 17.7 Å². The van der Waals surface area contributed by atoms with E-state index in [9.17, 15) is 9.59 Å². The maximum Gasteiger partial charge on any atom is 0.338 e. The summed E-state index contributed by atoms with van der Waals surface area (Å²) in [4.78, 5) is 27.3. The van der Waals surface area contributed by atoms with Gasteiger partial charge in [-0.2, -0.15) is 0 Å². The highest BCUT2D eigenvalue weighted by Gasteiger charge is 2.34. The molecule has 33 heavy (non-hydrogen) atoms. The second kappa shape index (κ2) is 10.5. The van der Waals surface area contributed by atoms with Gasteiger partial charge in [0, 0.05) is 24.1 Å². The number of urea groups is 1. The smallest absolute Gasteiger partial charge is 0.338 e. The summed E-state index contributed by atoms with van der Waals surface area (Å²) in [6.07, 6.45) is 0.564. The van der Waals surface area contributed by atoms with Gasteiger partial charge in [0.1, 0.15) is 0 Å². The molecular formula is C25H30N4O3S. The number of aryl methyl sites for hydroxylation is 1. The molecule has 0 radical (unpaired) electrons. The fraction of sp³-hybridized carbons (Fsp3) is 0.320. The Labute approximate surface area is 200 Å². The van der Waals surface area contributed by atoms with Crippen molar-refractivity contribution in [3.8, 4) is 0 Å². The molecule has 174 valence electrons. The standard InChI is InChI=1S/C25H30N4O3S/c1-6-17-10-7-8-13-20(17)27-24(31)26-19-12-9-11-18(14-19)22-21(23(30)32-15(2)3)16(4)29(5)25(33)28-22/h7-15,22H,6H2,1-5H3,(H,28,33)(H2,26,27,31). The summed E-state index contributed by atoms with van der Waals surface area (Å²) in [5, 5.41) is 9.50. The van der Waals surface area contributed by atoms with E-state index >= 15 is 0 Å². The minimum Gasteiger partial charge on any atom is -0.459 e. The Kier molecular flexibility index (Phi) is 7.71. The highest BCUT2D eigenvalue weighted by Crippen LogP contribution is 2.32. The van der Waals surface area contributed by atoms with Crippen molar-refractivity contribution in [1.29, 1.82) is 0 Å². The number of anilines is 2. The van der Waals surface area contributed by atoms with Crippen molar-refractivity contribution in [2.75, 3.05) is 17.7 Å². The van der Waals surface area contributed by atoms with Crippen molar-refractivity contribution in [3.63, 3.8) is 0 Å².